The number of H-pyrrole nitrogens is 1. The van der Waals surface area contributed by atoms with Crippen LogP contribution < -0.4 is 10.6 Å². The summed E-state index contributed by atoms with van der Waals surface area (Å²) < 4.78 is 0. The van der Waals surface area contributed by atoms with E-state index in [9.17, 15) is 4.79 Å². The second-order valence-corrected chi connectivity index (χ2v) is 7.93. The van der Waals surface area contributed by atoms with Gasteiger partial charge in [0.2, 0.25) is 0 Å². The van der Waals surface area contributed by atoms with Crippen LogP contribution in [0.2, 0.25) is 0 Å². The normalized spacial score (nSPS) is 16.2. The second-order valence-electron chi connectivity index (χ2n) is 7.93. The molecular formula is C26H26Cl2N4O. The summed E-state index contributed by atoms with van der Waals surface area (Å²) in [6.45, 7) is 0.804. The maximum Gasteiger partial charge on any atom is 0.255 e. The molecule has 2 atom stereocenters. The molecule has 5 nitrogen and oxygen atoms in total. The number of nitrogens with zero attached hydrogens (tertiary/aromatic N) is 1. The van der Waals surface area contributed by atoms with Gasteiger partial charge in [-0.2, -0.15) is 0 Å². The second kappa shape index (κ2) is 11.1. The largest absolute Gasteiger partial charge is 0.347 e. The quantitative estimate of drug-likeness (QED) is 0.312. The molecule has 0 bridgehead atoms. The number of rotatable bonds is 7. The number of imidazole rings is 1. The van der Waals surface area contributed by atoms with Gasteiger partial charge in [0.05, 0.1) is 6.33 Å². The van der Waals surface area contributed by atoms with Gasteiger partial charge in [0.25, 0.3) is 5.91 Å². The van der Waals surface area contributed by atoms with Gasteiger partial charge in [0.1, 0.15) is 0 Å². The number of nitrogens with one attached hydrogen (secondary N) is 3. The van der Waals surface area contributed by atoms with Crippen LogP contribution in [0.4, 0.5) is 5.69 Å². The summed E-state index contributed by atoms with van der Waals surface area (Å²) in [5.74, 6) is 0.427. The fraction of sp³-hybridized carbons (Fsp3) is 0.154. The molecule has 1 aliphatic rings. The summed E-state index contributed by atoms with van der Waals surface area (Å²) in [5.41, 5.74) is 6.09. The van der Waals surface area contributed by atoms with Crippen molar-refractivity contribution in [2.24, 2.45) is 0 Å². The zero-order valence-corrected chi connectivity index (χ0v) is 19.5. The lowest BCUT2D eigenvalue weighted by molar-refractivity contribution is 0.102. The number of anilines is 1. The SMILES string of the molecule is Cl.Cl.O=C(Nc1ccc([C@@H]2C[C@H]2NCc2cnc[nH]2)cc1)c1ccc(-c2ccccc2)cc1. The molecule has 33 heavy (non-hydrogen) atoms. The molecule has 170 valence electrons. The number of carbonyl (C=O) groups excluding carboxylic acids is 1. The van der Waals surface area contributed by atoms with Gasteiger partial charge in [-0.25, -0.2) is 4.98 Å². The highest BCUT2D eigenvalue weighted by molar-refractivity contribution is 6.04. The van der Waals surface area contributed by atoms with Crippen LogP contribution in [0.25, 0.3) is 11.1 Å². The predicted molar refractivity (Wildman–Crippen MR) is 137 cm³/mol. The fourth-order valence-corrected chi connectivity index (χ4v) is 3.87. The number of halogens is 2. The molecule has 0 unspecified atom stereocenters. The molecular weight excluding hydrogens is 455 g/mol. The molecule has 1 heterocycles. The van der Waals surface area contributed by atoms with Crippen molar-refractivity contribution in [2.75, 3.05) is 5.32 Å². The van der Waals surface area contributed by atoms with Crippen LogP contribution in [0.15, 0.2) is 91.4 Å². The lowest BCUT2D eigenvalue weighted by Crippen LogP contribution is -2.17. The van der Waals surface area contributed by atoms with E-state index in [2.05, 4.69) is 44.9 Å². The van der Waals surface area contributed by atoms with Crippen molar-refractivity contribution in [1.29, 1.82) is 0 Å². The maximum absolute atomic E-state index is 12.6. The average Bonchev–Trinajstić information content (AvgIpc) is 3.41. The summed E-state index contributed by atoms with van der Waals surface area (Å²) in [5, 5.41) is 6.54. The molecule has 5 rings (SSSR count). The van der Waals surface area contributed by atoms with Gasteiger partial charge in [-0.15, -0.1) is 24.8 Å². The first-order chi connectivity index (χ1) is 15.3. The molecule has 1 amide bonds. The van der Waals surface area contributed by atoms with Gasteiger partial charge in [0, 0.05) is 41.6 Å². The monoisotopic (exact) mass is 480 g/mol. The molecule has 0 radical (unpaired) electrons. The minimum atomic E-state index is -0.0992. The Balaban J connectivity index is 0.00000153. The molecule has 7 heteroatoms. The molecule has 0 saturated heterocycles. The van der Waals surface area contributed by atoms with Crippen LogP contribution in [0, 0.1) is 0 Å². The van der Waals surface area contributed by atoms with E-state index in [4.69, 9.17) is 0 Å². The van der Waals surface area contributed by atoms with E-state index >= 15 is 0 Å². The van der Waals surface area contributed by atoms with Gasteiger partial charge in [-0.1, -0.05) is 54.6 Å². The van der Waals surface area contributed by atoms with Gasteiger partial charge < -0.3 is 15.6 Å². The lowest BCUT2D eigenvalue weighted by atomic mass is 10.0. The Hall–Kier alpha value is -3.12. The highest BCUT2D eigenvalue weighted by Gasteiger charge is 2.37. The zero-order chi connectivity index (χ0) is 21.0. The lowest BCUT2D eigenvalue weighted by Gasteiger charge is -2.08. The molecule has 4 aromatic rings. The van der Waals surface area contributed by atoms with Crippen LogP contribution in [0.3, 0.4) is 0 Å². The molecule has 1 aliphatic carbocycles. The molecule has 3 N–H and O–H groups in total. The predicted octanol–water partition coefficient (Wildman–Crippen LogP) is 5.82. The number of aromatic nitrogens is 2. The average molecular weight is 481 g/mol. The number of hydrogen-bond donors (Lipinski definition) is 3. The summed E-state index contributed by atoms with van der Waals surface area (Å²) >= 11 is 0. The van der Waals surface area contributed by atoms with Crippen LogP contribution in [-0.4, -0.2) is 21.9 Å². The van der Waals surface area contributed by atoms with Crippen molar-refractivity contribution in [2.45, 2.75) is 24.9 Å². The summed E-state index contributed by atoms with van der Waals surface area (Å²) in [7, 11) is 0. The van der Waals surface area contributed by atoms with Gasteiger partial charge in [-0.3, -0.25) is 4.79 Å². The van der Waals surface area contributed by atoms with Crippen molar-refractivity contribution in [3.8, 4) is 11.1 Å². The van der Waals surface area contributed by atoms with Crippen molar-refractivity contribution in [1.82, 2.24) is 15.3 Å². The van der Waals surface area contributed by atoms with Crippen LogP contribution in [-0.2, 0) is 6.54 Å². The molecule has 1 saturated carbocycles. The van der Waals surface area contributed by atoms with Crippen molar-refractivity contribution >= 4 is 36.4 Å². The van der Waals surface area contributed by atoms with E-state index in [0.717, 1.165) is 35.5 Å². The van der Waals surface area contributed by atoms with Gasteiger partial charge in [-0.05, 0) is 47.4 Å². The number of carbonyl (C=O) groups is 1. The zero-order valence-electron chi connectivity index (χ0n) is 17.9. The van der Waals surface area contributed by atoms with Crippen LogP contribution in [0.5, 0.6) is 0 Å². The van der Waals surface area contributed by atoms with Gasteiger partial charge >= 0.3 is 0 Å². The third-order valence-corrected chi connectivity index (χ3v) is 5.75. The number of benzene rings is 3. The first kappa shape index (κ1) is 24.5. The Morgan fingerprint density at radius 1 is 0.909 bits per heavy atom. The van der Waals surface area contributed by atoms with Crippen LogP contribution in [0.1, 0.15) is 34.0 Å². The van der Waals surface area contributed by atoms with Crippen molar-refractivity contribution < 1.29 is 4.79 Å². The third kappa shape index (κ3) is 6.02. The molecule has 1 fully saturated rings. The van der Waals surface area contributed by atoms with E-state index in [1.165, 1.54) is 5.56 Å². The minimum Gasteiger partial charge on any atom is -0.347 e. The molecule has 0 spiro atoms. The standard InChI is InChI=1S/C26H24N4O.2ClH/c31-26(21-8-6-19(7-9-21)18-4-2-1-3-5-18)30-22-12-10-20(11-13-22)24-14-25(24)28-16-23-15-27-17-29-23;;/h1-13,15,17,24-25,28H,14,16H2,(H,27,29)(H,30,31);2*1H/t24-,25+;;/m0../s1. The Morgan fingerprint density at radius 3 is 2.27 bits per heavy atom. The van der Waals surface area contributed by atoms with E-state index in [-0.39, 0.29) is 30.7 Å². The van der Waals surface area contributed by atoms with E-state index < -0.39 is 0 Å². The molecule has 1 aromatic heterocycles. The third-order valence-electron chi connectivity index (χ3n) is 5.75. The Kier molecular flexibility index (Phi) is 8.28. The highest BCUT2D eigenvalue weighted by Crippen LogP contribution is 2.41. The Labute approximate surface area is 205 Å². The van der Waals surface area contributed by atoms with Gasteiger partial charge in [0.15, 0.2) is 0 Å². The topological polar surface area (TPSA) is 69.8 Å². The van der Waals surface area contributed by atoms with E-state index in [1.54, 1.807) is 6.33 Å². The van der Waals surface area contributed by atoms with Crippen LogP contribution >= 0.6 is 24.8 Å². The maximum atomic E-state index is 12.6. The first-order valence-electron chi connectivity index (χ1n) is 10.5. The number of hydrogen-bond acceptors (Lipinski definition) is 3. The van der Waals surface area contributed by atoms with E-state index in [0.29, 0.717) is 17.5 Å². The summed E-state index contributed by atoms with van der Waals surface area (Å²) in [6.07, 6.45) is 4.68. The Morgan fingerprint density at radius 2 is 1.61 bits per heavy atom. The number of amides is 1. The smallest absolute Gasteiger partial charge is 0.255 e. The highest BCUT2D eigenvalue weighted by atomic mass is 35.5. The minimum absolute atomic E-state index is 0. The molecule has 0 aliphatic heterocycles. The summed E-state index contributed by atoms with van der Waals surface area (Å²) in [6, 6.07) is 26.5. The molecule has 3 aromatic carbocycles. The number of aromatic amines is 1. The fourth-order valence-electron chi connectivity index (χ4n) is 3.87. The first-order valence-corrected chi connectivity index (χ1v) is 10.5. The van der Waals surface area contributed by atoms with Crippen molar-refractivity contribution in [3.05, 3.63) is 108 Å². The van der Waals surface area contributed by atoms with E-state index in [1.807, 2.05) is 60.8 Å². The van der Waals surface area contributed by atoms with Crippen molar-refractivity contribution in [3.63, 3.8) is 0 Å². The summed E-state index contributed by atoms with van der Waals surface area (Å²) in [4.78, 5) is 19.8. The Bertz CT molecular complexity index is 1150.